The number of ether oxygens (including phenoxy) is 3. The van der Waals surface area contributed by atoms with Crippen molar-refractivity contribution < 1.29 is 23.8 Å². The Labute approximate surface area is 185 Å². The largest absolute Gasteiger partial charge is 0.497 e. The van der Waals surface area contributed by atoms with E-state index in [0.29, 0.717) is 52.3 Å². The van der Waals surface area contributed by atoms with Gasteiger partial charge in [0, 0.05) is 17.7 Å². The van der Waals surface area contributed by atoms with Crippen molar-refractivity contribution in [1.82, 2.24) is 0 Å². The fourth-order valence-corrected chi connectivity index (χ4v) is 3.45. The van der Waals surface area contributed by atoms with E-state index in [0.717, 1.165) is 0 Å². The average molecular weight is 441 g/mol. The molecule has 0 spiro atoms. The zero-order chi connectivity index (χ0) is 22.2. The smallest absolute Gasteiger partial charge is 0.265 e. The molecule has 0 aliphatic heterocycles. The van der Waals surface area contributed by atoms with Crippen LogP contribution in [0, 0.1) is 0 Å². The van der Waals surface area contributed by atoms with Crippen molar-refractivity contribution in [3.63, 3.8) is 0 Å². The van der Waals surface area contributed by atoms with Gasteiger partial charge in [-0.1, -0.05) is 6.07 Å². The summed E-state index contributed by atoms with van der Waals surface area (Å²) in [4.78, 5) is 25.8. The fourth-order valence-electron chi connectivity index (χ4n) is 2.83. The molecular formula is C23H24N2O5S. The lowest BCUT2D eigenvalue weighted by Gasteiger charge is -2.17. The number of anilines is 2. The van der Waals surface area contributed by atoms with Crippen molar-refractivity contribution in [2.75, 3.05) is 31.0 Å². The highest BCUT2D eigenvalue weighted by Gasteiger charge is 2.18. The number of thiophene rings is 1. The van der Waals surface area contributed by atoms with Gasteiger partial charge in [-0.15, -0.1) is 11.3 Å². The van der Waals surface area contributed by atoms with Crippen LogP contribution in [0.5, 0.6) is 17.2 Å². The van der Waals surface area contributed by atoms with Crippen molar-refractivity contribution in [3.05, 3.63) is 64.4 Å². The highest BCUT2D eigenvalue weighted by Crippen LogP contribution is 2.37. The standard InChI is InChI=1S/C23H24N2O5S/c1-4-29-19-14-18(25-23(27)21-7-6-12-31-21)20(30-5-2)13-17(19)24-22(26)15-8-10-16(28-3)11-9-15/h6-14H,4-5H2,1-3H3,(H,24,26)(H,25,27). The molecule has 7 nitrogen and oxygen atoms in total. The van der Waals surface area contributed by atoms with Gasteiger partial charge in [0.2, 0.25) is 0 Å². The van der Waals surface area contributed by atoms with Crippen LogP contribution in [0.25, 0.3) is 0 Å². The van der Waals surface area contributed by atoms with Crippen LogP contribution < -0.4 is 24.8 Å². The Hall–Kier alpha value is -3.52. The molecule has 0 fully saturated rings. The molecule has 3 aromatic rings. The number of nitrogens with one attached hydrogen (secondary N) is 2. The number of benzene rings is 2. The summed E-state index contributed by atoms with van der Waals surface area (Å²) in [5, 5.41) is 7.56. The molecule has 0 atom stereocenters. The molecule has 2 amide bonds. The SMILES string of the molecule is CCOc1cc(NC(=O)c2cccs2)c(OCC)cc1NC(=O)c1ccc(OC)cc1. The molecule has 1 aromatic heterocycles. The topological polar surface area (TPSA) is 85.9 Å². The summed E-state index contributed by atoms with van der Waals surface area (Å²) in [7, 11) is 1.57. The summed E-state index contributed by atoms with van der Waals surface area (Å²) < 4.78 is 16.6. The number of rotatable bonds is 9. The predicted octanol–water partition coefficient (Wildman–Crippen LogP) is 5.06. The van der Waals surface area contributed by atoms with Crippen LogP contribution in [0.15, 0.2) is 53.9 Å². The summed E-state index contributed by atoms with van der Waals surface area (Å²) >= 11 is 1.35. The molecule has 0 unspecified atom stereocenters. The molecule has 0 saturated carbocycles. The van der Waals surface area contributed by atoms with Crippen LogP contribution in [-0.2, 0) is 0 Å². The normalized spacial score (nSPS) is 10.3. The molecule has 1 heterocycles. The first-order valence-electron chi connectivity index (χ1n) is 9.79. The highest BCUT2D eigenvalue weighted by atomic mass is 32.1. The van der Waals surface area contributed by atoms with Gasteiger partial charge in [0.25, 0.3) is 11.8 Å². The maximum Gasteiger partial charge on any atom is 0.265 e. The van der Waals surface area contributed by atoms with Crippen molar-refractivity contribution in [2.24, 2.45) is 0 Å². The van der Waals surface area contributed by atoms with Gasteiger partial charge in [0.1, 0.15) is 17.2 Å². The molecule has 0 aliphatic rings. The highest BCUT2D eigenvalue weighted by molar-refractivity contribution is 7.12. The fraction of sp³-hybridized carbons (Fsp3) is 0.217. The van der Waals surface area contributed by atoms with Crippen LogP contribution in [0.3, 0.4) is 0 Å². The molecule has 8 heteroatoms. The van der Waals surface area contributed by atoms with Gasteiger partial charge >= 0.3 is 0 Å². The number of hydrogen-bond donors (Lipinski definition) is 2. The maximum absolute atomic E-state index is 12.7. The summed E-state index contributed by atoms with van der Waals surface area (Å²) in [5.74, 6) is 0.973. The zero-order valence-electron chi connectivity index (χ0n) is 17.6. The van der Waals surface area contributed by atoms with Gasteiger partial charge in [-0.05, 0) is 49.6 Å². The Morgan fingerprint density at radius 1 is 0.871 bits per heavy atom. The van der Waals surface area contributed by atoms with E-state index in [1.165, 1.54) is 11.3 Å². The first-order chi connectivity index (χ1) is 15.0. The number of carbonyl (C=O) groups is 2. The Morgan fingerprint density at radius 3 is 1.94 bits per heavy atom. The average Bonchev–Trinajstić information content (AvgIpc) is 3.32. The van der Waals surface area contributed by atoms with Crippen LogP contribution in [0.4, 0.5) is 11.4 Å². The lowest BCUT2D eigenvalue weighted by Crippen LogP contribution is -2.15. The summed E-state index contributed by atoms with van der Waals surface area (Å²) in [6.45, 7) is 4.46. The van der Waals surface area contributed by atoms with Crippen molar-refractivity contribution in [2.45, 2.75) is 13.8 Å². The molecule has 0 aliphatic carbocycles. The summed E-state index contributed by atoms with van der Waals surface area (Å²) in [6, 6.07) is 13.6. The molecule has 0 saturated heterocycles. The van der Waals surface area contributed by atoms with Crippen LogP contribution in [0.1, 0.15) is 33.9 Å². The van der Waals surface area contributed by atoms with E-state index in [2.05, 4.69) is 10.6 Å². The van der Waals surface area contributed by atoms with E-state index in [1.54, 1.807) is 49.6 Å². The minimum Gasteiger partial charge on any atom is -0.497 e. The first-order valence-corrected chi connectivity index (χ1v) is 10.7. The monoisotopic (exact) mass is 440 g/mol. The molecule has 162 valence electrons. The minimum atomic E-state index is -0.304. The Morgan fingerprint density at radius 2 is 1.45 bits per heavy atom. The van der Waals surface area contributed by atoms with E-state index < -0.39 is 0 Å². The predicted molar refractivity (Wildman–Crippen MR) is 122 cm³/mol. The van der Waals surface area contributed by atoms with Gasteiger partial charge in [-0.3, -0.25) is 9.59 Å². The molecule has 2 N–H and O–H groups in total. The lowest BCUT2D eigenvalue weighted by atomic mass is 10.1. The van der Waals surface area contributed by atoms with Crippen LogP contribution in [-0.4, -0.2) is 32.1 Å². The van der Waals surface area contributed by atoms with E-state index in [9.17, 15) is 9.59 Å². The third-order valence-corrected chi connectivity index (χ3v) is 5.14. The van der Waals surface area contributed by atoms with Crippen molar-refractivity contribution in [1.29, 1.82) is 0 Å². The van der Waals surface area contributed by atoms with Crippen molar-refractivity contribution >= 4 is 34.5 Å². The summed E-state index contributed by atoms with van der Waals surface area (Å²) in [5.41, 5.74) is 1.38. The number of hydrogen-bond acceptors (Lipinski definition) is 6. The third kappa shape index (κ3) is 5.55. The van der Waals surface area contributed by atoms with Gasteiger partial charge < -0.3 is 24.8 Å². The summed E-state index contributed by atoms with van der Waals surface area (Å²) in [6.07, 6.45) is 0. The Bertz CT molecular complexity index is 1030. The van der Waals surface area contributed by atoms with Gasteiger partial charge in [-0.2, -0.15) is 0 Å². The number of methoxy groups -OCH3 is 1. The lowest BCUT2D eigenvalue weighted by molar-refractivity contribution is 0.101. The molecule has 3 rings (SSSR count). The quantitative estimate of drug-likeness (QED) is 0.486. The van der Waals surface area contributed by atoms with E-state index >= 15 is 0 Å². The van der Waals surface area contributed by atoms with E-state index in [1.807, 2.05) is 25.3 Å². The van der Waals surface area contributed by atoms with Gasteiger partial charge in [-0.25, -0.2) is 0 Å². The maximum atomic E-state index is 12.7. The molecule has 0 radical (unpaired) electrons. The van der Waals surface area contributed by atoms with Crippen LogP contribution in [0.2, 0.25) is 0 Å². The minimum absolute atomic E-state index is 0.242. The zero-order valence-corrected chi connectivity index (χ0v) is 18.4. The van der Waals surface area contributed by atoms with Gasteiger partial charge in [0.05, 0.1) is 36.6 Å². The van der Waals surface area contributed by atoms with Gasteiger partial charge in [0.15, 0.2) is 0 Å². The van der Waals surface area contributed by atoms with E-state index in [-0.39, 0.29) is 11.8 Å². The second kappa shape index (κ2) is 10.5. The number of amides is 2. The van der Waals surface area contributed by atoms with Crippen LogP contribution >= 0.6 is 11.3 Å². The second-order valence-corrected chi connectivity index (χ2v) is 7.27. The van der Waals surface area contributed by atoms with E-state index in [4.69, 9.17) is 14.2 Å². The third-order valence-electron chi connectivity index (χ3n) is 4.28. The number of carbonyl (C=O) groups excluding carboxylic acids is 2. The molecule has 31 heavy (non-hydrogen) atoms. The first kappa shape index (κ1) is 22.2. The molecule has 0 bridgehead atoms. The Balaban J connectivity index is 1.90. The molecular weight excluding hydrogens is 416 g/mol. The second-order valence-electron chi connectivity index (χ2n) is 6.32. The molecule has 2 aromatic carbocycles. The van der Waals surface area contributed by atoms with Crippen molar-refractivity contribution in [3.8, 4) is 17.2 Å². The Kier molecular flexibility index (Phi) is 7.50.